The molecule has 4 rings (SSSR count). The highest BCUT2D eigenvalue weighted by Crippen LogP contribution is 2.39. The van der Waals surface area contributed by atoms with Crippen molar-refractivity contribution in [2.75, 3.05) is 21.5 Å². The Morgan fingerprint density at radius 3 is 2.39 bits per heavy atom. The highest BCUT2D eigenvalue weighted by atomic mass is 32.2. The molecular formula is C30H35N5O5S. The van der Waals surface area contributed by atoms with Crippen molar-refractivity contribution in [2.45, 2.75) is 51.6 Å². The third-order valence-corrected chi connectivity index (χ3v) is 6.97. The van der Waals surface area contributed by atoms with Crippen molar-refractivity contribution in [2.24, 2.45) is 0 Å². The summed E-state index contributed by atoms with van der Waals surface area (Å²) in [5.74, 6) is -1.14. The molecular weight excluding hydrogens is 542 g/mol. The maximum atomic E-state index is 14.0. The minimum absolute atomic E-state index is 0.195. The molecule has 0 saturated heterocycles. The first-order valence-electron chi connectivity index (χ1n) is 13.2. The van der Waals surface area contributed by atoms with Crippen LogP contribution in [-0.4, -0.2) is 44.7 Å². The minimum atomic E-state index is -2.26. The maximum absolute atomic E-state index is 14.0. The van der Waals surface area contributed by atoms with Crippen molar-refractivity contribution in [3.8, 4) is 0 Å². The highest BCUT2D eigenvalue weighted by Gasteiger charge is 2.37. The van der Waals surface area contributed by atoms with E-state index in [-0.39, 0.29) is 24.8 Å². The van der Waals surface area contributed by atoms with Gasteiger partial charge in [0.05, 0.1) is 0 Å². The lowest BCUT2D eigenvalue weighted by molar-refractivity contribution is -0.125. The zero-order valence-corrected chi connectivity index (χ0v) is 24.2. The standard InChI is InChI=1S/C30H35N5O5S/c1-19-12-14-21(15-13-19)31-29(38)32-25-17-24(20-8-7-9-22(16-20)34-41(39)40)23-10-5-6-11-26(23)35(28(25)37)18-27(36)33-30(2,3)4/h5-16,24-25,34H,17-18H2,1-4H3,(H,33,36)(H,39,40)(H2,31,32,38). The molecule has 0 saturated carbocycles. The Hall–Kier alpha value is -4.22. The number of carbonyl (C=O) groups excluding carboxylic acids is 3. The number of nitrogens with one attached hydrogen (secondary N) is 4. The largest absolute Gasteiger partial charge is 0.350 e. The van der Waals surface area contributed by atoms with Crippen LogP contribution in [0.4, 0.5) is 21.9 Å². The van der Waals surface area contributed by atoms with Crippen molar-refractivity contribution < 1.29 is 23.1 Å². The molecule has 1 aliphatic heterocycles. The van der Waals surface area contributed by atoms with Crippen molar-refractivity contribution in [1.29, 1.82) is 0 Å². The van der Waals surface area contributed by atoms with Gasteiger partial charge in [0.15, 0.2) is 0 Å². The second kappa shape index (κ2) is 12.5. The smallest absolute Gasteiger partial charge is 0.319 e. The number of aryl methyl sites for hydroxylation is 1. The van der Waals surface area contributed by atoms with E-state index in [1.54, 1.807) is 42.5 Å². The quantitative estimate of drug-likeness (QED) is 0.263. The summed E-state index contributed by atoms with van der Waals surface area (Å²) in [6, 6.07) is 20.1. The third-order valence-electron chi connectivity index (χ3n) is 6.56. The van der Waals surface area contributed by atoms with Gasteiger partial charge < -0.3 is 20.9 Å². The monoisotopic (exact) mass is 577 g/mol. The molecule has 216 valence electrons. The van der Waals surface area contributed by atoms with Gasteiger partial charge in [0.2, 0.25) is 11.8 Å². The number of anilines is 3. The molecule has 3 aromatic carbocycles. The zero-order chi connectivity index (χ0) is 29.7. The van der Waals surface area contributed by atoms with E-state index in [2.05, 4.69) is 20.7 Å². The molecule has 1 aliphatic rings. The van der Waals surface area contributed by atoms with Gasteiger partial charge in [-0.2, -0.15) is 0 Å². The summed E-state index contributed by atoms with van der Waals surface area (Å²) in [4.78, 5) is 41.6. The van der Waals surface area contributed by atoms with Crippen LogP contribution in [0.25, 0.3) is 0 Å². The van der Waals surface area contributed by atoms with Crippen molar-refractivity contribution in [1.82, 2.24) is 10.6 Å². The lowest BCUT2D eigenvalue weighted by Crippen LogP contribution is -2.53. The van der Waals surface area contributed by atoms with Crippen LogP contribution < -0.4 is 25.6 Å². The number of amides is 4. The van der Waals surface area contributed by atoms with Gasteiger partial charge in [0.25, 0.3) is 11.3 Å². The Morgan fingerprint density at radius 2 is 1.71 bits per heavy atom. The normalized spacial score (nSPS) is 17.6. The number of rotatable bonds is 7. The Morgan fingerprint density at radius 1 is 1.00 bits per heavy atom. The van der Waals surface area contributed by atoms with E-state index in [4.69, 9.17) is 0 Å². The molecule has 0 spiro atoms. The summed E-state index contributed by atoms with van der Waals surface area (Å²) in [6.07, 6.45) is 0.195. The molecule has 0 radical (unpaired) electrons. The average Bonchev–Trinajstić information content (AvgIpc) is 2.99. The van der Waals surface area contributed by atoms with Gasteiger partial charge in [-0.1, -0.05) is 48.0 Å². The fourth-order valence-corrected chi connectivity index (χ4v) is 5.21. The molecule has 0 bridgehead atoms. The topological polar surface area (TPSA) is 140 Å². The Kier molecular flexibility index (Phi) is 9.09. The molecule has 11 heteroatoms. The average molecular weight is 578 g/mol. The molecule has 1 heterocycles. The first kappa shape index (κ1) is 29.8. The van der Waals surface area contributed by atoms with Gasteiger partial charge in [-0.15, -0.1) is 0 Å². The summed E-state index contributed by atoms with van der Waals surface area (Å²) < 4.78 is 23.2. The van der Waals surface area contributed by atoms with Crippen molar-refractivity contribution >= 4 is 46.2 Å². The molecule has 3 unspecified atom stereocenters. The number of hydrogen-bond donors (Lipinski definition) is 5. The van der Waals surface area contributed by atoms with Crippen LogP contribution >= 0.6 is 0 Å². The molecule has 3 atom stereocenters. The van der Waals surface area contributed by atoms with E-state index in [9.17, 15) is 23.1 Å². The lowest BCUT2D eigenvalue weighted by atomic mass is 9.86. The van der Waals surface area contributed by atoms with Crippen LogP contribution in [-0.2, 0) is 20.9 Å². The molecule has 0 fully saturated rings. The first-order valence-corrected chi connectivity index (χ1v) is 14.3. The summed E-state index contributed by atoms with van der Waals surface area (Å²) in [5, 5.41) is 8.51. The van der Waals surface area contributed by atoms with Crippen LogP contribution in [0.1, 0.15) is 49.8 Å². The summed E-state index contributed by atoms with van der Waals surface area (Å²) >= 11 is -2.26. The van der Waals surface area contributed by atoms with Gasteiger partial charge in [0.1, 0.15) is 12.6 Å². The second-order valence-corrected chi connectivity index (χ2v) is 11.8. The van der Waals surface area contributed by atoms with E-state index in [1.807, 2.05) is 58.0 Å². The molecule has 0 aromatic heterocycles. The third kappa shape index (κ3) is 7.92. The predicted octanol–water partition coefficient (Wildman–Crippen LogP) is 4.52. The summed E-state index contributed by atoms with van der Waals surface area (Å²) in [7, 11) is 0. The number of para-hydroxylation sites is 1. The van der Waals surface area contributed by atoms with Gasteiger partial charge in [0, 0.05) is 28.5 Å². The van der Waals surface area contributed by atoms with Crippen molar-refractivity contribution in [3.63, 3.8) is 0 Å². The number of nitrogens with zero attached hydrogens (tertiary/aromatic N) is 1. The van der Waals surface area contributed by atoms with E-state index in [1.165, 1.54) is 4.90 Å². The Labute approximate surface area is 242 Å². The zero-order valence-electron chi connectivity index (χ0n) is 23.4. The Balaban J connectivity index is 1.72. The van der Waals surface area contributed by atoms with Crippen LogP contribution in [0, 0.1) is 6.92 Å². The number of fused-ring (bicyclic) bond motifs is 1. The first-order chi connectivity index (χ1) is 19.4. The predicted molar refractivity (Wildman–Crippen MR) is 161 cm³/mol. The number of hydrogen-bond acceptors (Lipinski definition) is 4. The van der Waals surface area contributed by atoms with Gasteiger partial charge in [-0.3, -0.25) is 18.9 Å². The summed E-state index contributed by atoms with van der Waals surface area (Å²) in [6.45, 7) is 7.29. The van der Waals surface area contributed by atoms with Crippen LogP contribution in [0.15, 0.2) is 72.8 Å². The van der Waals surface area contributed by atoms with Gasteiger partial charge >= 0.3 is 6.03 Å². The van der Waals surface area contributed by atoms with E-state index in [0.717, 1.165) is 16.7 Å². The summed E-state index contributed by atoms with van der Waals surface area (Å²) in [5.41, 5.74) is 3.66. The number of benzene rings is 3. The van der Waals surface area contributed by atoms with E-state index >= 15 is 0 Å². The van der Waals surface area contributed by atoms with Gasteiger partial charge in [-0.05, 0) is 75.6 Å². The van der Waals surface area contributed by atoms with Crippen LogP contribution in [0.5, 0.6) is 0 Å². The number of carbonyl (C=O) groups is 3. The number of urea groups is 1. The van der Waals surface area contributed by atoms with E-state index < -0.39 is 34.8 Å². The fraction of sp³-hybridized carbons (Fsp3) is 0.300. The molecule has 0 aliphatic carbocycles. The minimum Gasteiger partial charge on any atom is -0.350 e. The highest BCUT2D eigenvalue weighted by molar-refractivity contribution is 7.80. The van der Waals surface area contributed by atoms with E-state index in [0.29, 0.717) is 17.1 Å². The van der Waals surface area contributed by atoms with Crippen molar-refractivity contribution in [3.05, 3.63) is 89.5 Å². The maximum Gasteiger partial charge on any atom is 0.319 e. The van der Waals surface area contributed by atoms with Gasteiger partial charge in [-0.25, -0.2) is 9.00 Å². The van der Waals surface area contributed by atoms with Crippen LogP contribution in [0.2, 0.25) is 0 Å². The molecule has 41 heavy (non-hydrogen) atoms. The Bertz CT molecular complexity index is 1450. The molecule has 3 aromatic rings. The molecule has 5 N–H and O–H groups in total. The SMILES string of the molecule is Cc1ccc(NC(=O)NC2CC(c3cccc(NS(=O)O)c3)c3ccccc3N(CC(=O)NC(C)(C)C)C2=O)cc1. The lowest BCUT2D eigenvalue weighted by Gasteiger charge is -2.28. The fourth-order valence-electron chi connectivity index (χ4n) is 4.88. The molecule has 4 amide bonds. The second-order valence-electron chi connectivity index (χ2n) is 11.1. The molecule has 10 nitrogen and oxygen atoms in total. The van der Waals surface area contributed by atoms with Crippen LogP contribution in [0.3, 0.4) is 0 Å².